The van der Waals surface area contributed by atoms with Crippen LogP contribution in [0.5, 0.6) is 0 Å². The lowest BCUT2D eigenvalue weighted by Crippen LogP contribution is -2.44. The summed E-state index contributed by atoms with van der Waals surface area (Å²) >= 11 is 0. The number of carbonyl (C=O) groups is 1. The van der Waals surface area contributed by atoms with E-state index >= 15 is 0 Å². The van der Waals surface area contributed by atoms with Gasteiger partial charge in [0.1, 0.15) is 0 Å². The summed E-state index contributed by atoms with van der Waals surface area (Å²) in [5, 5.41) is 3.13. The smallest absolute Gasteiger partial charge is 0.253 e. The lowest BCUT2D eigenvalue weighted by Gasteiger charge is -2.32. The van der Waals surface area contributed by atoms with Crippen LogP contribution < -0.4 is 16.6 Å². The predicted octanol–water partition coefficient (Wildman–Crippen LogP) is 1.88. The van der Waals surface area contributed by atoms with E-state index in [-0.39, 0.29) is 11.9 Å². The molecule has 21 heavy (non-hydrogen) atoms. The monoisotopic (exact) mass is 290 g/mol. The predicted molar refractivity (Wildman–Crippen MR) is 86.2 cm³/mol. The van der Waals surface area contributed by atoms with Crippen molar-refractivity contribution in [3.63, 3.8) is 0 Å². The molecule has 0 aromatic heterocycles. The summed E-state index contributed by atoms with van der Waals surface area (Å²) in [6.45, 7) is 7.46. The Hall–Kier alpha value is -1.59. The molecule has 4 N–H and O–H groups in total. The maximum atomic E-state index is 12.4. The van der Waals surface area contributed by atoms with Crippen molar-refractivity contribution in [2.45, 2.75) is 39.2 Å². The Kier molecular flexibility index (Phi) is 5.59. The van der Waals surface area contributed by atoms with Crippen molar-refractivity contribution in [2.24, 2.45) is 5.84 Å². The quantitative estimate of drug-likeness (QED) is 0.572. The third kappa shape index (κ3) is 4.19. The first kappa shape index (κ1) is 15.8. The average molecular weight is 290 g/mol. The summed E-state index contributed by atoms with van der Waals surface area (Å²) < 4.78 is 0. The van der Waals surface area contributed by atoms with Crippen LogP contribution in [0.25, 0.3) is 0 Å². The van der Waals surface area contributed by atoms with E-state index in [1.807, 2.05) is 25.1 Å². The van der Waals surface area contributed by atoms with Gasteiger partial charge < -0.3 is 15.6 Å². The number of benzene rings is 1. The highest BCUT2D eigenvalue weighted by Gasteiger charge is 2.21. The minimum Gasteiger partial charge on any atom is -0.349 e. The second kappa shape index (κ2) is 7.43. The van der Waals surface area contributed by atoms with Crippen LogP contribution in [0.3, 0.4) is 0 Å². The molecule has 5 heteroatoms. The normalized spacial score (nSPS) is 16.7. The van der Waals surface area contributed by atoms with E-state index in [1.54, 1.807) is 0 Å². The average Bonchev–Trinajstić information content (AvgIpc) is 2.49. The van der Waals surface area contributed by atoms with Crippen LogP contribution in [0.15, 0.2) is 18.2 Å². The molecule has 0 saturated carbocycles. The number of carbonyl (C=O) groups excluding carboxylic acids is 1. The van der Waals surface area contributed by atoms with Crippen LogP contribution >= 0.6 is 0 Å². The van der Waals surface area contributed by atoms with Gasteiger partial charge in [0.2, 0.25) is 0 Å². The molecule has 0 bridgehead atoms. The zero-order valence-electron chi connectivity index (χ0n) is 13.0. The molecule has 0 unspecified atom stereocenters. The Labute approximate surface area is 126 Å². The standard InChI is InChI=1S/C16H26N4O/c1-3-8-20-9-6-13(7-10-20)18-16(21)14-5-4-12(2)11-15(14)19-17/h4-5,11,13,19H,3,6-10,17H2,1-2H3,(H,18,21). The number of amides is 1. The summed E-state index contributed by atoms with van der Waals surface area (Å²) in [6.07, 6.45) is 3.22. The number of nitrogen functional groups attached to an aromatic ring is 1. The summed E-state index contributed by atoms with van der Waals surface area (Å²) in [4.78, 5) is 14.9. The van der Waals surface area contributed by atoms with Gasteiger partial charge >= 0.3 is 0 Å². The van der Waals surface area contributed by atoms with E-state index in [2.05, 4.69) is 22.6 Å². The van der Waals surface area contributed by atoms with Crippen LogP contribution in [0.4, 0.5) is 5.69 Å². The summed E-state index contributed by atoms with van der Waals surface area (Å²) in [5.41, 5.74) is 4.97. The molecule has 0 aliphatic carbocycles. The number of aryl methyl sites for hydroxylation is 1. The van der Waals surface area contributed by atoms with Gasteiger partial charge in [0.05, 0.1) is 11.3 Å². The fourth-order valence-electron chi connectivity index (χ4n) is 2.86. The first-order valence-corrected chi connectivity index (χ1v) is 7.74. The number of rotatable bonds is 5. The van der Waals surface area contributed by atoms with Crippen molar-refractivity contribution >= 4 is 11.6 Å². The van der Waals surface area contributed by atoms with E-state index in [9.17, 15) is 4.79 Å². The van der Waals surface area contributed by atoms with Crippen LogP contribution in [-0.2, 0) is 0 Å². The second-order valence-electron chi connectivity index (χ2n) is 5.78. The van der Waals surface area contributed by atoms with Crippen molar-refractivity contribution in [2.75, 3.05) is 25.1 Å². The fraction of sp³-hybridized carbons (Fsp3) is 0.562. The molecule has 1 amide bonds. The number of hydrogen-bond acceptors (Lipinski definition) is 4. The lowest BCUT2D eigenvalue weighted by atomic mass is 10.0. The van der Waals surface area contributed by atoms with Crippen molar-refractivity contribution in [1.29, 1.82) is 0 Å². The molecular weight excluding hydrogens is 264 g/mol. The SMILES string of the molecule is CCCN1CCC(NC(=O)c2ccc(C)cc2NN)CC1. The minimum atomic E-state index is -0.0445. The number of hydrazine groups is 1. The van der Waals surface area contributed by atoms with Gasteiger partial charge in [-0.15, -0.1) is 0 Å². The summed E-state index contributed by atoms with van der Waals surface area (Å²) in [5.74, 6) is 5.46. The van der Waals surface area contributed by atoms with Crippen LogP contribution in [-0.4, -0.2) is 36.5 Å². The maximum absolute atomic E-state index is 12.4. The van der Waals surface area contributed by atoms with E-state index in [1.165, 1.54) is 6.42 Å². The molecule has 1 heterocycles. The van der Waals surface area contributed by atoms with Crippen molar-refractivity contribution < 1.29 is 4.79 Å². The van der Waals surface area contributed by atoms with Crippen LogP contribution in [0.2, 0.25) is 0 Å². The van der Waals surface area contributed by atoms with E-state index in [4.69, 9.17) is 5.84 Å². The highest BCUT2D eigenvalue weighted by atomic mass is 16.1. The first-order chi connectivity index (χ1) is 10.1. The molecular formula is C16H26N4O. The van der Waals surface area contributed by atoms with Gasteiger partial charge in [-0.2, -0.15) is 0 Å². The Balaban J connectivity index is 1.93. The summed E-state index contributed by atoms with van der Waals surface area (Å²) in [6, 6.07) is 5.90. The third-order valence-corrected chi connectivity index (χ3v) is 4.04. The molecule has 1 saturated heterocycles. The molecule has 116 valence electrons. The Morgan fingerprint density at radius 2 is 2.10 bits per heavy atom. The molecule has 1 aliphatic rings. The molecule has 0 radical (unpaired) electrons. The number of anilines is 1. The Morgan fingerprint density at radius 3 is 2.71 bits per heavy atom. The highest BCUT2D eigenvalue weighted by Crippen LogP contribution is 2.18. The van der Waals surface area contributed by atoms with Gasteiger partial charge in [0, 0.05) is 19.1 Å². The van der Waals surface area contributed by atoms with Crippen LogP contribution in [0.1, 0.15) is 42.1 Å². The number of nitrogens with one attached hydrogen (secondary N) is 2. The van der Waals surface area contributed by atoms with Gasteiger partial charge in [-0.3, -0.25) is 10.6 Å². The number of hydrogen-bond donors (Lipinski definition) is 3. The first-order valence-electron chi connectivity index (χ1n) is 7.74. The van der Waals surface area contributed by atoms with Gasteiger partial charge in [-0.05, 0) is 50.4 Å². The minimum absolute atomic E-state index is 0.0445. The Bertz CT molecular complexity index is 481. The van der Waals surface area contributed by atoms with Crippen molar-refractivity contribution in [3.8, 4) is 0 Å². The number of nitrogens with zero attached hydrogens (tertiary/aromatic N) is 1. The number of likely N-dealkylation sites (tertiary alicyclic amines) is 1. The van der Waals surface area contributed by atoms with Crippen molar-refractivity contribution in [3.05, 3.63) is 29.3 Å². The Morgan fingerprint density at radius 1 is 1.38 bits per heavy atom. The van der Waals surface area contributed by atoms with Gasteiger partial charge in [-0.25, -0.2) is 0 Å². The van der Waals surface area contributed by atoms with Gasteiger partial charge in [0.25, 0.3) is 5.91 Å². The second-order valence-corrected chi connectivity index (χ2v) is 5.78. The molecule has 1 aliphatic heterocycles. The highest BCUT2D eigenvalue weighted by molar-refractivity contribution is 5.99. The molecule has 1 aromatic rings. The molecule has 0 atom stereocenters. The van der Waals surface area contributed by atoms with E-state index in [0.29, 0.717) is 11.3 Å². The molecule has 1 aromatic carbocycles. The third-order valence-electron chi connectivity index (χ3n) is 4.04. The molecule has 0 spiro atoms. The van der Waals surface area contributed by atoms with E-state index in [0.717, 1.165) is 38.0 Å². The zero-order chi connectivity index (χ0) is 15.2. The van der Waals surface area contributed by atoms with Gasteiger partial charge in [0.15, 0.2) is 0 Å². The number of piperidine rings is 1. The molecule has 5 nitrogen and oxygen atoms in total. The molecule has 2 rings (SSSR count). The van der Waals surface area contributed by atoms with Crippen LogP contribution in [0, 0.1) is 6.92 Å². The van der Waals surface area contributed by atoms with Gasteiger partial charge in [-0.1, -0.05) is 13.0 Å². The fourth-order valence-corrected chi connectivity index (χ4v) is 2.86. The number of nitrogens with two attached hydrogens (primary N) is 1. The lowest BCUT2D eigenvalue weighted by molar-refractivity contribution is 0.0912. The van der Waals surface area contributed by atoms with Crippen molar-refractivity contribution in [1.82, 2.24) is 10.2 Å². The topological polar surface area (TPSA) is 70.4 Å². The zero-order valence-corrected chi connectivity index (χ0v) is 13.0. The summed E-state index contributed by atoms with van der Waals surface area (Å²) in [7, 11) is 0. The maximum Gasteiger partial charge on any atom is 0.253 e. The largest absolute Gasteiger partial charge is 0.349 e. The van der Waals surface area contributed by atoms with E-state index < -0.39 is 0 Å². The molecule has 1 fully saturated rings.